The highest BCUT2D eigenvalue weighted by atomic mass is 16.3. The Morgan fingerprint density at radius 1 is 0.769 bits per heavy atom. The molecule has 0 aliphatic heterocycles. The third-order valence-electron chi connectivity index (χ3n) is 7.66. The fourth-order valence-electron chi connectivity index (χ4n) is 5.65. The Balaban J connectivity index is 0.000000158. The van der Waals surface area contributed by atoms with Gasteiger partial charge in [0.1, 0.15) is 11.4 Å². The molecule has 2 aliphatic rings. The van der Waals surface area contributed by atoms with Gasteiger partial charge in [-0.2, -0.15) is 15.3 Å². The number of nitrogens with two attached hydrogens (primary N) is 1. The molecule has 9 nitrogen and oxygen atoms in total. The molecule has 9 heteroatoms. The number of carbonyl (C=O) groups excluding carboxylic acids is 1. The van der Waals surface area contributed by atoms with Gasteiger partial charge in [-0.3, -0.25) is 14.2 Å². The lowest BCUT2D eigenvalue weighted by atomic mass is 10.0. The van der Waals surface area contributed by atoms with Crippen LogP contribution < -0.4 is 5.84 Å². The third kappa shape index (κ3) is 4.80. The number of aromatic nitrogens is 4. The molecule has 2 aromatic heterocycles. The highest BCUT2D eigenvalue weighted by Gasteiger charge is 2.22. The molecular weight excluding hydrogens is 492 g/mol. The summed E-state index contributed by atoms with van der Waals surface area (Å²) in [5.74, 6) is 5.17. The average molecular weight is 527 g/mol. The largest absolute Gasteiger partial charge is 0.504 e. The topological polar surface area (TPSA) is 132 Å². The Morgan fingerprint density at radius 2 is 1.21 bits per heavy atom. The number of benzene rings is 2. The molecule has 0 fully saturated rings. The van der Waals surface area contributed by atoms with Crippen molar-refractivity contribution in [3.8, 4) is 34.0 Å². The van der Waals surface area contributed by atoms with E-state index in [9.17, 15) is 15.0 Å². The van der Waals surface area contributed by atoms with Crippen LogP contribution in [0.3, 0.4) is 0 Å². The summed E-state index contributed by atoms with van der Waals surface area (Å²) in [4.78, 5) is 11.4. The minimum Gasteiger partial charge on any atom is -0.504 e. The van der Waals surface area contributed by atoms with Crippen LogP contribution in [-0.4, -0.2) is 41.3 Å². The number of hydrazone groups is 1. The third-order valence-corrected chi connectivity index (χ3v) is 7.66. The minimum absolute atomic E-state index is 0.0204. The second-order valence-corrected chi connectivity index (χ2v) is 10.3. The van der Waals surface area contributed by atoms with Crippen LogP contribution in [0.2, 0.25) is 0 Å². The molecule has 39 heavy (non-hydrogen) atoms. The molecule has 2 aliphatic carbocycles. The van der Waals surface area contributed by atoms with E-state index >= 15 is 0 Å². The van der Waals surface area contributed by atoms with Gasteiger partial charge in [-0.1, -0.05) is 24.3 Å². The lowest BCUT2D eigenvalue weighted by Gasteiger charge is -2.06. The van der Waals surface area contributed by atoms with Crippen molar-refractivity contribution in [1.82, 2.24) is 19.6 Å². The summed E-state index contributed by atoms with van der Waals surface area (Å²) in [7, 11) is 3.56. The molecule has 0 saturated heterocycles. The number of nitrogens with zero attached hydrogens (tertiary/aromatic N) is 5. The summed E-state index contributed by atoms with van der Waals surface area (Å²) in [5.41, 5.74) is 9.81. The summed E-state index contributed by atoms with van der Waals surface area (Å²) in [6, 6.07) is 12.5. The standard InChI is InChI=1S/C15H18N4O.C15H16N2O2/c1-9(17-16)13-15(20)14(19(2)18-13)12-7-6-10-4-3-5-11(10)8-12;1-9(18)13-15(19)14(17(2)16-13)12-7-6-10-4-3-5-11(10)8-12/h6-8,20H,3-5,16H2,1-2H3;6-8,19H,3-5H2,1-2H3. The van der Waals surface area contributed by atoms with Crippen molar-refractivity contribution in [2.24, 2.45) is 25.0 Å². The summed E-state index contributed by atoms with van der Waals surface area (Å²) in [5, 5.41) is 32.6. The maximum absolute atomic E-state index is 11.4. The molecule has 2 heterocycles. The molecule has 0 amide bonds. The zero-order valence-electron chi connectivity index (χ0n) is 22.8. The lowest BCUT2D eigenvalue weighted by Crippen LogP contribution is -2.01. The monoisotopic (exact) mass is 526 g/mol. The molecule has 0 radical (unpaired) electrons. The van der Waals surface area contributed by atoms with Gasteiger partial charge in [-0.15, -0.1) is 0 Å². The van der Waals surface area contributed by atoms with Gasteiger partial charge in [0.25, 0.3) is 0 Å². The van der Waals surface area contributed by atoms with Crippen molar-refractivity contribution in [3.63, 3.8) is 0 Å². The van der Waals surface area contributed by atoms with E-state index in [-0.39, 0.29) is 23.0 Å². The van der Waals surface area contributed by atoms with Crippen LogP contribution >= 0.6 is 0 Å². The van der Waals surface area contributed by atoms with Gasteiger partial charge in [0.15, 0.2) is 28.7 Å². The van der Waals surface area contributed by atoms with Crippen LogP contribution in [0.15, 0.2) is 41.5 Å². The number of aromatic hydroxyl groups is 2. The number of carbonyl (C=O) groups is 1. The van der Waals surface area contributed by atoms with E-state index in [0.29, 0.717) is 22.8 Å². The summed E-state index contributed by atoms with van der Waals surface area (Å²) >= 11 is 0. The van der Waals surface area contributed by atoms with Gasteiger partial charge >= 0.3 is 0 Å². The lowest BCUT2D eigenvalue weighted by molar-refractivity contribution is 0.101. The first kappa shape index (κ1) is 26.2. The molecule has 6 rings (SSSR count). The number of Topliss-reactive ketones (excluding diaryl/α,β-unsaturated/α-hetero) is 1. The number of hydrogen-bond donors (Lipinski definition) is 3. The zero-order valence-corrected chi connectivity index (χ0v) is 22.8. The molecule has 4 N–H and O–H groups in total. The van der Waals surface area contributed by atoms with E-state index < -0.39 is 0 Å². The number of fused-ring (bicyclic) bond motifs is 2. The summed E-state index contributed by atoms with van der Waals surface area (Å²) < 4.78 is 3.25. The fraction of sp³-hybridized carbons (Fsp3) is 0.333. The number of hydrogen-bond acceptors (Lipinski definition) is 7. The zero-order chi connectivity index (χ0) is 27.8. The second-order valence-electron chi connectivity index (χ2n) is 10.3. The van der Waals surface area contributed by atoms with Crippen molar-refractivity contribution in [1.29, 1.82) is 0 Å². The maximum atomic E-state index is 11.4. The van der Waals surface area contributed by atoms with E-state index in [2.05, 4.69) is 39.6 Å². The van der Waals surface area contributed by atoms with Gasteiger partial charge in [0.2, 0.25) is 0 Å². The summed E-state index contributed by atoms with van der Waals surface area (Å²) in [6.45, 7) is 3.14. The predicted molar refractivity (Wildman–Crippen MR) is 151 cm³/mol. The Hall–Kier alpha value is -4.40. The van der Waals surface area contributed by atoms with E-state index in [1.807, 2.05) is 19.2 Å². The molecule has 0 saturated carbocycles. The first-order valence-electron chi connectivity index (χ1n) is 13.2. The molecule has 0 spiro atoms. The second kappa shape index (κ2) is 10.4. The SMILES string of the molecule is CC(=NN)c1nn(C)c(-c2ccc3c(c2)CCC3)c1O.CC(=O)c1nn(C)c(-c2ccc3c(c2)CCC3)c1O. The van der Waals surface area contributed by atoms with Gasteiger partial charge in [-0.05, 0) is 79.8 Å². The summed E-state index contributed by atoms with van der Waals surface area (Å²) in [6.07, 6.45) is 6.87. The van der Waals surface area contributed by atoms with Crippen LogP contribution in [0.1, 0.15) is 65.1 Å². The van der Waals surface area contributed by atoms with E-state index in [4.69, 9.17) is 5.84 Å². The van der Waals surface area contributed by atoms with E-state index in [0.717, 1.165) is 36.8 Å². The van der Waals surface area contributed by atoms with Gasteiger partial charge in [0.05, 0.1) is 5.71 Å². The maximum Gasteiger partial charge on any atom is 0.183 e. The first-order chi connectivity index (χ1) is 18.7. The van der Waals surface area contributed by atoms with Crippen molar-refractivity contribution in [2.75, 3.05) is 0 Å². The Morgan fingerprint density at radius 3 is 1.64 bits per heavy atom. The average Bonchev–Trinajstić information content (AvgIpc) is 3.69. The molecular formula is C30H34N6O3. The molecule has 4 aromatic rings. The van der Waals surface area contributed by atoms with Gasteiger partial charge < -0.3 is 16.1 Å². The number of aryl methyl sites for hydroxylation is 6. The van der Waals surface area contributed by atoms with Gasteiger partial charge in [0, 0.05) is 32.1 Å². The highest BCUT2D eigenvalue weighted by molar-refractivity contribution is 6.01. The number of rotatable bonds is 4. The Labute approximate surface area is 227 Å². The van der Waals surface area contributed by atoms with E-state index in [1.165, 1.54) is 42.0 Å². The van der Waals surface area contributed by atoms with Crippen LogP contribution in [0.4, 0.5) is 0 Å². The molecule has 0 unspecified atom stereocenters. The van der Waals surface area contributed by atoms with Crippen LogP contribution in [0, 0.1) is 0 Å². The predicted octanol–water partition coefficient (Wildman–Crippen LogP) is 4.45. The van der Waals surface area contributed by atoms with Crippen molar-refractivity contribution in [2.45, 2.75) is 52.4 Å². The Bertz CT molecular complexity index is 1610. The molecule has 202 valence electrons. The van der Waals surface area contributed by atoms with Crippen LogP contribution in [0.25, 0.3) is 22.5 Å². The normalized spacial score (nSPS) is 14.1. The van der Waals surface area contributed by atoms with Crippen molar-refractivity contribution >= 4 is 11.5 Å². The molecule has 2 aromatic carbocycles. The van der Waals surface area contributed by atoms with Crippen molar-refractivity contribution < 1.29 is 15.0 Å². The molecule has 0 atom stereocenters. The number of ketones is 1. The van der Waals surface area contributed by atoms with Crippen molar-refractivity contribution in [3.05, 3.63) is 70.0 Å². The Kier molecular flexibility index (Phi) is 6.99. The quantitative estimate of drug-likeness (QED) is 0.156. The fourth-order valence-corrected chi connectivity index (χ4v) is 5.65. The van der Waals surface area contributed by atoms with Crippen LogP contribution in [0.5, 0.6) is 11.5 Å². The molecule has 0 bridgehead atoms. The van der Waals surface area contributed by atoms with Crippen LogP contribution in [-0.2, 0) is 39.8 Å². The highest BCUT2D eigenvalue weighted by Crippen LogP contribution is 2.36. The first-order valence-corrected chi connectivity index (χ1v) is 13.2. The van der Waals surface area contributed by atoms with E-state index in [1.54, 1.807) is 23.3 Å². The minimum atomic E-state index is -0.222. The van der Waals surface area contributed by atoms with Gasteiger partial charge in [-0.25, -0.2) is 0 Å². The smallest absolute Gasteiger partial charge is 0.183 e.